The van der Waals surface area contributed by atoms with Crippen molar-refractivity contribution < 1.29 is 9.94 Å². The first-order chi connectivity index (χ1) is 6.65. The van der Waals surface area contributed by atoms with Crippen molar-refractivity contribution in [2.75, 3.05) is 26.8 Å². The molecule has 1 unspecified atom stereocenters. The Labute approximate surface area is 85.5 Å². The van der Waals surface area contributed by atoms with Crippen LogP contribution in [0.4, 0.5) is 0 Å². The van der Waals surface area contributed by atoms with Gasteiger partial charge in [0.25, 0.3) is 0 Å². The van der Waals surface area contributed by atoms with Crippen molar-refractivity contribution >= 4 is 5.84 Å². The van der Waals surface area contributed by atoms with E-state index in [2.05, 4.69) is 23.9 Å². The zero-order chi connectivity index (χ0) is 11.0. The lowest BCUT2D eigenvalue weighted by Gasteiger charge is -2.26. The number of nitrogens with zero attached hydrogens (tertiary/aromatic N) is 2. The van der Waals surface area contributed by atoms with Crippen LogP contribution in [0.1, 0.15) is 20.3 Å². The number of methoxy groups -OCH3 is 1. The fourth-order valence-electron chi connectivity index (χ4n) is 1.37. The molecular weight excluding hydrogens is 182 g/mol. The molecule has 0 aliphatic carbocycles. The molecule has 0 radical (unpaired) electrons. The summed E-state index contributed by atoms with van der Waals surface area (Å²) in [5.74, 6) is 0.272. The van der Waals surface area contributed by atoms with Crippen molar-refractivity contribution in [3.8, 4) is 0 Å². The van der Waals surface area contributed by atoms with Gasteiger partial charge in [0.2, 0.25) is 0 Å². The summed E-state index contributed by atoms with van der Waals surface area (Å²) in [6.07, 6.45) is 0.577. The Morgan fingerprint density at radius 3 is 2.71 bits per heavy atom. The molecule has 0 bridgehead atoms. The summed E-state index contributed by atoms with van der Waals surface area (Å²) in [6.45, 7) is 6.64. The molecule has 0 saturated carbocycles. The average Bonchev–Trinajstić information content (AvgIpc) is 2.18. The third-order valence-electron chi connectivity index (χ3n) is 2.25. The standard InChI is InChI=1S/C9H21N3O2/c1-4-12(5-6-14-3)8(2)7-9(10)11-13/h8,13H,4-7H2,1-3H3,(H2,10,11). The highest BCUT2D eigenvalue weighted by Gasteiger charge is 2.12. The van der Waals surface area contributed by atoms with Gasteiger partial charge >= 0.3 is 0 Å². The molecule has 5 nitrogen and oxygen atoms in total. The maximum atomic E-state index is 8.43. The monoisotopic (exact) mass is 203 g/mol. The molecule has 3 N–H and O–H groups in total. The Balaban J connectivity index is 3.96. The molecule has 5 heteroatoms. The van der Waals surface area contributed by atoms with Crippen LogP contribution in [-0.4, -0.2) is 48.8 Å². The normalized spacial score (nSPS) is 14.7. The zero-order valence-electron chi connectivity index (χ0n) is 9.23. The van der Waals surface area contributed by atoms with Crippen LogP contribution in [0.3, 0.4) is 0 Å². The summed E-state index contributed by atoms with van der Waals surface area (Å²) in [7, 11) is 1.68. The highest BCUT2D eigenvalue weighted by Crippen LogP contribution is 2.03. The first-order valence-corrected chi connectivity index (χ1v) is 4.85. The fourth-order valence-corrected chi connectivity index (χ4v) is 1.37. The molecule has 0 spiro atoms. The minimum absolute atomic E-state index is 0.269. The number of hydrogen-bond acceptors (Lipinski definition) is 4. The first-order valence-electron chi connectivity index (χ1n) is 4.85. The van der Waals surface area contributed by atoms with Crippen molar-refractivity contribution in [2.45, 2.75) is 26.3 Å². The van der Waals surface area contributed by atoms with Crippen LogP contribution in [0.15, 0.2) is 5.16 Å². The highest BCUT2D eigenvalue weighted by atomic mass is 16.5. The number of oxime groups is 1. The molecule has 0 fully saturated rings. The lowest BCUT2D eigenvalue weighted by molar-refractivity contribution is 0.130. The van der Waals surface area contributed by atoms with Crippen LogP contribution in [-0.2, 0) is 4.74 Å². The van der Waals surface area contributed by atoms with Gasteiger partial charge in [-0.05, 0) is 13.5 Å². The lowest BCUT2D eigenvalue weighted by atomic mass is 10.2. The maximum Gasteiger partial charge on any atom is 0.140 e. The number of nitrogens with two attached hydrogens (primary N) is 1. The summed E-state index contributed by atoms with van der Waals surface area (Å²) < 4.78 is 5.00. The van der Waals surface area contributed by atoms with Gasteiger partial charge in [-0.2, -0.15) is 0 Å². The summed E-state index contributed by atoms with van der Waals surface area (Å²) in [6, 6.07) is 0.269. The van der Waals surface area contributed by atoms with Crippen LogP contribution >= 0.6 is 0 Å². The van der Waals surface area contributed by atoms with Crippen molar-refractivity contribution in [2.24, 2.45) is 10.9 Å². The fraction of sp³-hybridized carbons (Fsp3) is 0.889. The van der Waals surface area contributed by atoms with Gasteiger partial charge < -0.3 is 15.7 Å². The van der Waals surface area contributed by atoms with Crippen molar-refractivity contribution in [3.63, 3.8) is 0 Å². The van der Waals surface area contributed by atoms with Gasteiger partial charge in [-0.15, -0.1) is 0 Å². The number of ether oxygens (including phenoxy) is 1. The van der Waals surface area contributed by atoms with E-state index in [1.807, 2.05) is 0 Å². The van der Waals surface area contributed by atoms with E-state index in [4.69, 9.17) is 15.7 Å². The van der Waals surface area contributed by atoms with Gasteiger partial charge in [-0.1, -0.05) is 12.1 Å². The molecule has 0 heterocycles. The summed E-state index contributed by atoms with van der Waals surface area (Å²) in [5, 5.41) is 11.4. The Morgan fingerprint density at radius 1 is 1.64 bits per heavy atom. The third kappa shape index (κ3) is 5.04. The van der Waals surface area contributed by atoms with Crippen LogP contribution < -0.4 is 5.73 Å². The van der Waals surface area contributed by atoms with E-state index in [1.165, 1.54) is 0 Å². The van der Waals surface area contributed by atoms with E-state index in [0.717, 1.165) is 13.1 Å². The van der Waals surface area contributed by atoms with Gasteiger partial charge in [0.05, 0.1) is 6.61 Å². The van der Waals surface area contributed by atoms with E-state index in [-0.39, 0.29) is 11.9 Å². The van der Waals surface area contributed by atoms with Gasteiger partial charge in [-0.3, -0.25) is 4.90 Å². The number of likely N-dealkylation sites (N-methyl/N-ethyl adjacent to an activating group) is 1. The molecule has 0 aromatic rings. The largest absolute Gasteiger partial charge is 0.409 e. The second-order valence-electron chi connectivity index (χ2n) is 3.27. The topological polar surface area (TPSA) is 71.1 Å². The molecular formula is C9H21N3O2. The number of rotatable bonds is 7. The van der Waals surface area contributed by atoms with Crippen LogP contribution in [0.25, 0.3) is 0 Å². The molecule has 0 aliphatic heterocycles. The molecule has 84 valence electrons. The van der Waals surface area contributed by atoms with Crippen molar-refractivity contribution in [1.82, 2.24) is 4.90 Å². The van der Waals surface area contributed by atoms with E-state index < -0.39 is 0 Å². The molecule has 0 aliphatic rings. The van der Waals surface area contributed by atoms with E-state index in [9.17, 15) is 0 Å². The predicted molar refractivity (Wildman–Crippen MR) is 56.6 cm³/mol. The van der Waals surface area contributed by atoms with Crippen molar-refractivity contribution in [1.29, 1.82) is 0 Å². The Morgan fingerprint density at radius 2 is 2.29 bits per heavy atom. The van der Waals surface area contributed by atoms with Gasteiger partial charge in [-0.25, -0.2) is 0 Å². The van der Waals surface area contributed by atoms with Gasteiger partial charge in [0, 0.05) is 26.1 Å². The van der Waals surface area contributed by atoms with E-state index in [1.54, 1.807) is 7.11 Å². The molecule has 0 rings (SSSR count). The van der Waals surface area contributed by atoms with Crippen molar-refractivity contribution in [3.05, 3.63) is 0 Å². The molecule has 0 amide bonds. The minimum atomic E-state index is 0.269. The average molecular weight is 203 g/mol. The van der Waals surface area contributed by atoms with Gasteiger partial charge in [0.15, 0.2) is 0 Å². The molecule has 1 atom stereocenters. The minimum Gasteiger partial charge on any atom is -0.409 e. The summed E-state index contributed by atoms with van der Waals surface area (Å²) in [5.41, 5.74) is 5.44. The maximum absolute atomic E-state index is 8.43. The molecule has 0 aromatic carbocycles. The van der Waals surface area contributed by atoms with E-state index in [0.29, 0.717) is 13.0 Å². The summed E-state index contributed by atoms with van der Waals surface area (Å²) >= 11 is 0. The Kier molecular flexibility index (Phi) is 7.14. The zero-order valence-corrected chi connectivity index (χ0v) is 9.23. The van der Waals surface area contributed by atoms with Crippen LogP contribution in [0, 0.1) is 0 Å². The predicted octanol–water partition coefficient (Wildman–Crippen LogP) is 0.480. The number of amidine groups is 1. The SMILES string of the molecule is CCN(CCOC)C(C)CC(N)=NO. The first kappa shape index (κ1) is 13.2. The van der Waals surface area contributed by atoms with Crippen LogP contribution in [0.5, 0.6) is 0 Å². The lowest BCUT2D eigenvalue weighted by Crippen LogP contribution is -2.38. The molecule has 0 aromatic heterocycles. The quantitative estimate of drug-likeness (QED) is 0.273. The highest BCUT2D eigenvalue weighted by molar-refractivity contribution is 5.80. The number of hydrogen-bond donors (Lipinski definition) is 2. The molecule has 0 saturated heterocycles. The third-order valence-corrected chi connectivity index (χ3v) is 2.25. The second kappa shape index (κ2) is 7.58. The Bertz CT molecular complexity index is 173. The smallest absolute Gasteiger partial charge is 0.140 e. The second-order valence-corrected chi connectivity index (χ2v) is 3.27. The summed E-state index contributed by atoms with van der Waals surface area (Å²) in [4.78, 5) is 2.22. The van der Waals surface area contributed by atoms with Crippen LogP contribution in [0.2, 0.25) is 0 Å². The Hall–Kier alpha value is -0.810. The van der Waals surface area contributed by atoms with E-state index >= 15 is 0 Å². The van der Waals surface area contributed by atoms with Gasteiger partial charge in [0.1, 0.15) is 5.84 Å². The molecule has 14 heavy (non-hydrogen) atoms.